The molecule has 0 aromatic carbocycles. The maximum Gasteiger partial charge on any atom is 0.234 e. The fourth-order valence-electron chi connectivity index (χ4n) is 3.43. The zero-order chi connectivity index (χ0) is 15.2. The third kappa shape index (κ3) is 4.80. The van der Waals surface area contributed by atoms with Crippen LogP contribution in [-0.4, -0.2) is 42.6 Å². The Bertz CT molecular complexity index is 451. The van der Waals surface area contributed by atoms with E-state index < -0.39 is 0 Å². The van der Waals surface area contributed by atoms with Crippen molar-refractivity contribution in [2.45, 2.75) is 57.2 Å². The normalized spacial score (nSPS) is 22.5. The molecule has 1 saturated heterocycles. The van der Waals surface area contributed by atoms with Crippen LogP contribution in [-0.2, 0) is 16.1 Å². The van der Waals surface area contributed by atoms with E-state index in [9.17, 15) is 4.79 Å². The standard InChI is InChI=1S/C17H26N2O2S/c20-17(18-14-5-1-2-6-14)13-19(11-15-7-3-9-21-15)12-16-8-4-10-22-16/h4,8,10,14-15H,1-3,5-7,9,11-13H2,(H,18,20). The van der Waals surface area contributed by atoms with Gasteiger partial charge in [-0.05, 0) is 37.1 Å². The molecule has 122 valence electrons. The minimum absolute atomic E-state index is 0.168. The van der Waals surface area contributed by atoms with Crippen molar-refractivity contribution >= 4 is 17.2 Å². The van der Waals surface area contributed by atoms with Gasteiger partial charge in [-0.1, -0.05) is 18.9 Å². The van der Waals surface area contributed by atoms with Gasteiger partial charge in [-0.2, -0.15) is 0 Å². The summed E-state index contributed by atoms with van der Waals surface area (Å²) >= 11 is 1.75. The lowest BCUT2D eigenvalue weighted by Gasteiger charge is -2.25. The predicted molar refractivity (Wildman–Crippen MR) is 89.0 cm³/mol. The Morgan fingerprint density at radius 1 is 1.32 bits per heavy atom. The first kappa shape index (κ1) is 16.0. The van der Waals surface area contributed by atoms with Gasteiger partial charge in [0.2, 0.25) is 5.91 Å². The fraction of sp³-hybridized carbons (Fsp3) is 0.706. The van der Waals surface area contributed by atoms with Crippen LogP contribution in [0.3, 0.4) is 0 Å². The summed E-state index contributed by atoms with van der Waals surface area (Å²) in [5, 5.41) is 5.29. The smallest absolute Gasteiger partial charge is 0.234 e. The second-order valence-electron chi connectivity index (χ2n) is 6.43. The summed E-state index contributed by atoms with van der Waals surface area (Å²) < 4.78 is 5.75. The number of carbonyl (C=O) groups is 1. The molecule has 1 N–H and O–H groups in total. The van der Waals surface area contributed by atoms with E-state index in [0.29, 0.717) is 18.7 Å². The summed E-state index contributed by atoms with van der Waals surface area (Å²) in [6, 6.07) is 4.61. The van der Waals surface area contributed by atoms with Gasteiger partial charge in [-0.15, -0.1) is 11.3 Å². The van der Waals surface area contributed by atoms with Crippen LogP contribution in [0.15, 0.2) is 17.5 Å². The van der Waals surface area contributed by atoms with Crippen molar-refractivity contribution in [2.24, 2.45) is 0 Å². The van der Waals surface area contributed by atoms with Crippen molar-refractivity contribution in [2.75, 3.05) is 19.7 Å². The summed E-state index contributed by atoms with van der Waals surface area (Å²) in [5.41, 5.74) is 0. The highest BCUT2D eigenvalue weighted by Crippen LogP contribution is 2.19. The van der Waals surface area contributed by atoms with Crippen LogP contribution in [0.2, 0.25) is 0 Å². The molecule has 0 radical (unpaired) electrons. The molecule has 2 heterocycles. The van der Waals surface area contributed by atoms with Gasteiger partial charge in [-0.3, -0.25) is 9.69 Å². The highest BCUT2D eigenvalue weighted by molar-refractivity contribution is 7.09. The zero-order valence-corrected chi connectivity index (χ0v) is 13.9. The van der Waals surface area contributed by atoms with Gasteiger partial charge in [0, 0.05) is 30.6 Å². The first-order valence-electron chi connectivity index (χ1n) is 8.45. The highest BCUT2D eigenvalue weighted by atomic mass is 32.1. The predicted octanol–water partition coefficient (Wildman–Crippen LogP) is 2.79. The average molecular weight is 322 g/mol. The van der Waals surface area contributed by atoms with Gasteiger partial charge in [0.15, 0.2) is 0 Å². The number of hydrogen-bond acceptors (Lipinski definition) is 4. The van der Waals surface area contributed by atoms with Gasteiger partial charge in [0.1, 0.15) is 0 Å². The van der Waals surface area contributed by atoms with Gasteiger partial charge < -0.3 is 10.1 Å². The molecule has 1 atom stereocenters. The SMILES string of the molecule is O=C(CN(Cc1cccs1)CC1CCCO1)NC1CCCC1. The van der Waals surface area contributed by atoms with Crippen molar-refractivity contribution in [1.29, 1.82) is 0 Å². The number of amides is 1. The molecule has 0 spiro atoms. The molecule has 2 fully saturated rings. The molecule has 1 unspecified atom stereocenters. The average Bonchev–Trinajstić information content (AvgIpc) is 3.20. The van der Waals surface area contributed by atoms with Crippen LogP contribution in [0.4, 0.5) is 0 Å². The molecule has 1 aliphatic heterocycles. The van der Waals surface area contributed by atoms with Crippen LogP contribution in [0.1, 0.15) is 43.4 Å². The van der Waals surface area contributed by atoms with E-state index in [-0.39, 0.29) is 5.91 Å². The summed E-state index contributed by atoms with van der Waals surface area (Å²) in [6.45, 7) is 3.05. The summed E-state index contributed by atoms with van der Waals surface area (Å²) in [6.07, 6.45) is 7.33. The topological polar surface area (TPSA) is 41.6 Å². The molecule has 0 bridgehead atoms. The minimum atomic E-state index is 0.168. The summed E-state index contributed by atoms with van der Waals surface area (Å²) in [4.78, 5) is 15.9. The Labute approximate surface area is 136 Å². The van der Waals surface area contributed by atoms with Crippen molar-refractivity contribution < 1.29 is 9.53 Å². The van der Waals surface area contributed by atoms with Crippen LogP contribution in [0, 0.1) is 0 Å². The lowest BCUT2D eigenvalue weighted by Crippen LogP contribution is -2.43. The lowest BCUT2D eigenvalue weighted by atomic mass is 10.2. The Morgan fingerprint density at radius 2 is 2.18 bits per heavy atom. The molecule has 5 heteroatoms. The quantitative estimate of drug-likeness (QED) is 0.839. The number of nitrogens with zero attached hydrogens (tertiary/aromatic N) is 1. The van der Waals surface area contributed by atoms with Crippen LogP contribution in [0.5, 0.6) is 0 Å². The monoisotopic (exact) mass is 322 g/mol. The second-order valence-corrected chi connectivity index (χ2v) is 7.47. The van der Waals surface area contributed by atoms with Gasteiger partial charge >= 0.3 is 0 Å². The van der Waals surface area contributed by atoms with Crippen molar-refractivity contribution in [3.63, 3.8) is 0 Å². The first-order chi connectivity index (χ1) is 10.8. The molecule has 22 heavy (non-hydrogen) atoms. The third-order valence-corrected chi connectivity index (χ3v) is 5.39. The van der Waals surface area contributed by atoms with E-state index in [0.717, 1.165) is 45.4 Å². The first-order valence-corrected chi connectivity index (χ1v) is 9.33. The molecule has 3 rings (SSSR count). The number of nitrogens with one attached hydrogen (secondary N) is 1. The molecule has 1 amide bonds. The number of ether oxygens (including phenoxy) is 1. The Balaban J connectivity index is 1.52. The number of carbonyl (C=O) groups excluding carboxylic acids is 1. The van der Waals surface area contributed by atoms with Gasteiger partial charge in [-0.25, -0.2) is 0 Å². The largest absolute Gasteiger partial charge is 0.377 e. The Hall–Kier alpha value is -0.910. The van der Waals surface area contributed by atoms with Crippen molar-refractivity contribution in [1.82, 2.24) is 10.2 Å². The van der Waals surface area contributed by atoms with Crippen molar-refractivity contribution in [3.05, 3.63) is 22.4 Å². The molecule has 1 aromatic heterocycles. The van der Waals surface area contributed by atoms with Crippen molar-refractivity contribution in [3.8, 4) is 0 Å². The van der Waals surface area contributed by atoms with Crippen LogP contribution < -0.4 is 5.32 Å². The maximum atomic E-state index is 12.3. The van der Waals surface area contributed by atoms with E-state index >= 15 is 0 Å². The molecular weight excluding hydrogens is 296 g/mol. The fourth-order valence-corrected chi connectivity index (χ4v) is 4.18. The maximum absolute atomic E-state index is 12.3. The highest BCUT2D eigenvalue weighted by Gasteiger charge is 2.23. The Morgan fingerprint density at radius 3 is 2.86 bits per heavy atom. The van der Waals surface area contributed by atoms with E-state index in [4.69, 9.17) is 4.74 Å². The lowest BCUT2D eigenvalue weighted by molar-refractivity contribution is -0.123. The number of rotatable bonds is 7. The van der Waals surface area contributed by atoms with E-state index in [1.54, 1.807) is 11.3 Å². The third-order valence-electron chi connectivity index (χ3n) is 4.53. The minimum Gasteiger partial charge on any atom is -0.377 e. The summed E-state index contributed by atoms with van der Waals surface area (Å²) in [7, 11) is 0. The van der Waals surface area contributed by atoms with E-state index in [1.807, 2.05) is 0 Å². The van der Waals surface area contributed by atoms with E-state index in [1.165, 1.54) is 17.7 Å². The molecule has 2 aliphatic rings. The van der Waals surface area contributed by atoms with Gasteiger partial charge in [0.05, 0.1) is 12.6 Å². The van der Waals surface area contributed by atoms with Gasteiger partial charge in [0.25, 0.3) is 0 Å². The molecule has 4 nitrogen and oxygen atoms in total. The number of hydrogen-bond donors (Lipinski definition) is 1. The molecule has 1 aliphatic carbocycles. The molecule has 1 saturated carbocycles. The van der Waals surface area contributed by atoms with Crippen LogP contribution in [0.25, 0.3) is 0 Å². The Kier molecular flexibility index (Phi) is 5.87. The molecule has 1 aromatic rings. The zero-order valence-electron chi connectivity index (χ0n) is 13.1. The second kappa shape index (κ2) is 8.09. The van der Waals surface area contributed by atoms with Crippen LogP contribution >= 0.6 is 11.3 Å². The summed E-state index contributed by atoms with van der Waals surface area (Å²) in [5.74, 6) is 0.168. The number of thiophene rings is 1. The van der Waals surface area contributed by atoms with E-state index in [2.05, 4.69) is 27.7 Å². The molecular formula is C17H26N2O2S.